The van der Waals surface area contributed by atoms with Crippen LogP contribution >= 0.6 is 0 Å². The highest BCUT2D eigenvalue weighted by Gasteiger charge is 2.19. The highest BCUT2D eigenvalue weighted by molar-refractivity contribution is 5.96. The molecule has 0 aliphatic carbocycles. The number of benzene rings is 1. The Morgan fingerprint density at radius 1 is 0.913 bits per heavy atom. The first-order valence-corrected chi connectivity index (χ1v) is 6.61. The zero-order valence-electron chi connectivity index (χ0n) is 12.8. The molecule has 0 amide bonds. The van der Waals surface area contributed by atoms with Crippen LogP contribution < -0.4 is 0 Å². The second-order valence-corrected chi connectivity index (χ2v) is 4.28. The molecule has 0 atom stereocenters. The molecule has 9 nitrogen and oxygen atoms in total. The van der Waals surface area contributed by atoms with Crippen LogP contribution in [-0.4, -0.2) is 57.5 Å². The van der Waals surface area contributed by atoms with Crippen molar-refractivity contribution in [1.29, 1.82) is 0 Å². The molecule has 0 bridgehead atoms. The minimum absolute atomic E-state index is 0.00829. The summed E-state index contributed by atoms with van der Waals surface area (Å²) >= 11 is 0. The molecule has 1 rings (SSSR count). The smallest absolute Gasteiger partial charge is 0.338 e. The highest BCUT2D eigenvalue weighted by atomic mass is 16.6. The third-order valence-electron chi connectivity index (χ3n) is 2.64. The lowest BCUT2D eigenvalue weighted by Gasteiger charge is -2.07. The molecule has 0 unspecified atom stereocenters. The van der Waals surface area contributed by atoms with Gasteiger partial charge >= 0.3 is 11.9 Å². The fourth-order valence-electron chi connectivity index (χ4n) is 1.55. The predicted octanol–water partition coefficient (Wildman–Crippen LogP) is 1.20. The van der Waals surface area contributed by atoms with Gasteiger partial charge in [-0.25, -0.2) is 9.59 Å². The first-order valence-electron chi connectivity index (χ1n) is 6.61. The normalized spacial score (nSPS) is 10.2. The van der Waals surface area contributed by atoms with Gasteiger partial charge in [0.15, 0.2) is 0 Å². The minimum atomic E-state index is -0.795. The number of hydrogen-bond donors (Lipinski definition) is 0. The Morgan fingerprint density at radius 2 is 1.35 bits per heavy atom. The van der Waals surface area contributed by atoms with E-state index in [9.17, 15) is 19.7 Å². The van der Waals surface area contributed by atoms with Gasteiger partial charge in [0.25, 0.3) is 5.69 Å². The van der Waals surface area contributed by atoms with E-state index >= 15 is 0 Å². The molecule has 0 radical (unpaired) electrons. The molecular weight excluding hydrogens is 310 g/mol. The molecule has 23 heavy (non-hydrogen) atoms. The number of ether oxygens (including phenoxy) is 4. The van der Waals surface area contributed by atoms with Crippen molar-refractivity contribution in [2.24, 2.45) is 0 Å². The lowest BCUT2D eigenvalue weighted by Crippen LogP contribution is -2.13. The molecule has 1 aromatic carbocycles. The second kappa shape index (κ2) is 9.49. The fraction of sp³-hybridized carbons (Fsp3) is 0.429. The van der Waals surface area contributed by atoms with Gasteiger partial charge in [0.05, 0.1) is 29.3 Å². The van der Waals surface area contributed by atoms with E-state index in [1.54, 1.807) is 0 Å². The Hall–Kier alpha value is -2.52. The first kappa shape index (κ1) is 18.5. The number of rotatable bonds is 9. The number of non-ortho nitro benzene ring substituents is 1. The zero-order chi connectivity index (χ0) is 17.2. The van der Waals surface area contributed by atoms with Gasteiger partial charge in [-0.2, -0.15) is 0 Å². The average molecular weight is 327 g/mol. The maximum absolute atomic E-state index is 11.9. The number of nitro benzene ring substituents is 1. The number of esters is 2. The molecule has 0 N–H and O–H groups in total. The third-order valence-corrected chi connectivity index (χ3v) is 2.64. The van der Waals surface area contributed by atoms with Gasteiger partial charge in [0.2, 0.25) is 0 Å². The summed E-state index contributed by atoms with van der Waals surface area (Å²) < 4.78 is 19.2. The van der Waals surface area contributed by atoms with Gasteiger partial charge in [0.1, 0.15) is 13.2 Å². The topological polar surface area (TPSA) is 114 Å². The van der Waals surface area contributed by atoms with Crippen molar-refractivity contribution in [1.82, 2.24) is 0 Å². The number of carbonyl (C=O) groups is 2. The van der Waals surface area contributed by atoms with E-state index in [2.05, 4.69) is 0 Å². The van der Waals surface area contributed by atoms with Crippen LogP contribution in [0.15, 0.2) is 18.2 Å². The molecule has 9 heteroatoms. The summed E-state index contributed by atoms with van der Waals surface area (Å²) in [6.07, 6.45) is 0. The Kier molecular flexibility index (Phi) is 7.64. The molecule has 0 aliphatic rings. The van der Waals surface area contributed by atoms with Crippen LogP contribution in [0.4, 0.5) is 5.69 Å². The van der Waals surface area contributed by atoms with Gasteiger partial charge in [-0.1, -0.05) is 0 Å². The van der Waals surface area contributed by atoms with Crippen molar-refractivity contribution in [3.63, 3.8) is 0 Å². The van der Waals surface area contributed by atoms with E-state index in [1.165, 1.54) is 20.3 Å². The van der Waals surface area contributed by atoms with Crippen molar-refractivity contribution in [2.75, 3.05) is 40.6 Å². The van der Waals surface area contributed by atoms with Gasteiger partial charge in [-0.15, -0.1) is 0 Å². The largest absolute Gasteiger partial charge is 0.460 e. The standard InChI is InChI=1S/C14H17NO8/c1-20-3-5-22-13(16)10-7-11(9-12(8-10)15(18)19)14(17)23-6-4-21-2/h7-9H,3-6H2,1-2H3. The number of nitro groups is 1. The van der Waals surface area contributed by atoms with Crippen LogP contribution in [0.3, 0.4) is 0 Å². The number of carbonyl (C=O) groups excluding carboxylic acids is 2. The molecule has 126 valence electrons. The molecule has 0 aliphatic heterocycles. The quantitative estimate of drug-likeness (QED) is 0.288. The lowest BCUT2D eigenvalue weighted by atomic mass is 10.1. The van der Waals surface area contributed by atoms with E-state index in [4.69, 9.17) is 18.9 Å². The third kappa shape index (κ3) is 6.01. The zero-order valence-corrected chi connectivity index (χ0v) is 12.8. The van der Waals surface area contributed by atoms with Crippen LogP contribution in [0.2, 0.25) is 0 Å². The Bertz CT molecular complexity index is 532. The molecule has 0 saturated heterocycles. The monoisotopic (exact) mass is 327 g/mol. The molecule has 0 fully saturated rings. The summed E-state index contributed by atoms with van der Waals surface area (Å²) in [5, 5.41) is 10.9. The average Bonchev–Trinajstić information content (AvgIpc) is 2.54. The molecule has 1 aromatic rings. The number of nitrogens with zero attached hydrogens (tertiary/aromatic N) is 1. The van der Waals surface area contributed by atoms with Crippen molar-refractivity contribution in [3.8, 4) is 0 Å². The van der Waals surface area contributed by atoms with E-state index < -0.39 is 22.5 Å². The second-order valence-electron chi connectivity index (χ2n) is 4.28. The van der Waals surface area contributed by atoms with Crippen LogP contribution in [0.25, 0.3) is 0 Å². The Balaban J connectivity index is 2.95. The van der Waals surface area contributed by atoms with Gasteiger partial charge < -0.3 is 18.9 Å². The summed E-state index contributed by atoms with van der Waals surface area (Å²) in [5.41, 5.74) is -0.645. The number of methoxy groups -OCH3 is 2. The lowest BCUT2D eigenvalue weighted by molar-refractivity contribution is -0.384. The van der Waals surface area contributed by atoms with Crippen molar-refractivity contribution in [2.45, 2.75) is 0 Å². The van der Waals surface area contributed by atoms with Crippen molar-refractivity contribution < 1.29 is 33.5 Å². The molecule has 0 heterocycles. The van der Waals surface area contributed by atoms with E-state index in [1.807, 2.05) is 0 Å². The van der Waals surface area contributed by atoms with Gasteiger partial charge in [0, 0.05) is 26.4 Å². The van der Waals surface area contributed by atoms with E-state index in [0.717, 1.165) is 12.1 Å². The van der Waals surface area contributed by atoms with Crippen molar-refractivity contribution in [3.05, 3.63) is 39.4 Å². The summed E-state index contributed by atoms with van der Waals surface area (Å²) in [6.45, 7) is 0.358. The minimum Gasteiger partial charge on any atom is -0.460 e. The van der Waals surface area contributed by atoms with Gasteiger partial charge in [-0.3, -0.25) is 10.1 Å². The number of hydrogen-bond acceptors (Lipinski definition) is 8. The summed E-state index contributed by atoms with van der Waals surface area (Å²) in [6, 6.07) is 3.24. The van der Waals surface area contributed by atoms with E-state index in [0.29, 0.717) is 0 Å². The first-order chi connectivity index (χ1) is 11.0. The Morgan fingerprint density at radius 3 is 1.70 bits per heavy atom. The molecule has 0 saturated carbocycles. The van der Waals surface area contributed by atoms with E-state index in [-0.39, 0.29) is 37.6 Å². The Labute approximate surface area is 132 Å². The van der Waals surface area contributed by atoms with Crippen LogP contribution in [0, 0.1) is 10.1 Å². The summed E-state index contributed by atoms with van der Waals surface area (Å²) in [7, 11) is 2.88. The molecule has 0 aromatic heterocycles. The maximum atomic E-state index is 11.9. The van der Waals surface area contributed by atoms with Crippen molar-refractivity contribution >= 4 is 17.6 Å². The van der Waals surface area contributed by atoms with Crippen LogP contribution in [-0.2, 0) is 18.9 Å². The van der Waals surface area contributed by atoms with Gasteiger partial charge in [-0.05, 0) is 6.07 Å². The van der Waals surface area contributed by atoms with Crippen LogP contribution in [0.1, 0.15) is 20.7 Å². The highest BCUT2D eigenvalue weighted by Crippen LogP contribution is 2.19. The van der Waals surface area contributed by atoms with Crippen LogP contribution in [0.5, 0.6) is 0 Å². The molecule has 0 spiro atoms. The summed E-state index contributed by atoms with van der Waals surface area (Å²) in [5.74, 6) is -1.59. The SMILES string of the molecule is COCCOC(=O)c1cc(C(=O)OCCOC)cc([N+](=O)[O-])c1. The predicted molar refractivity (Wildman–Crippen MR) is 77.4 cm³/mol. The molecular formula is C14H17NO8. The maximum Gasteiger partial charge on any atom is 0.338 e. The fourth-order valence-corrected chi connectivity index (χ4v) is 1.55. The summed E-state index contributed by atoms with van der Waals surface area (Å²) in [4.78, 5) is 33.9.